The molecule has 1 aromatic carbocycles. The Hall–Kier alpha value is -1.48. The Bertz CT molecular complexity index is 707. The SMILES string of the molecule is CCN(CC)S(=O)(=O)c1ccc(CNC(=O)CN2C[C@@H](C)O[C@H](C)C2)cc1. The van der Waals surface area contributed by atoms with Gasteiger partial charge in [-0.05, 0) is 31.5 Å². The van der Waals surface area contributed by atoms with Gasteiger partial charge in [-0.15, -0.1) is 0 Å². The van der Waals surface area contributed by atoms with Gasteiger partial charge in [0.25, 0.3) is 0 Å². The normalized spacial score (nSPS) is 21.4. The average molecular weight is 398 g/mol. The second kappa shape index (κ2) is 9.64. The maximum Gasteiger partial charge on any atom is 0.243 e. The Kier molecular flexibility index (Phi) is 7.79. The summed E-state index contributed by atoms with van der Waals surface area (Å²) in [7, 11) is -3.45. The molecule has 1 heterocycles. The third-order valence-corrected chi connectivity index (χ3v) is 6.68. The third-order valence-electron chi connectivity index (χ3n) is 4.62. The van der Waals surface area contributed by atoms with Gasteiger partial charge in [-0.2, -0.15) is 4.31 Å². The Morgan fingerprint density at radius 1 is 1.15 bits per heavy atom. The molecule has 1 saturated heterocycles. The van der Waals surface area contributed by atoms with Crippen LogP contribution < -0.4 is 5.32 Å². The summed E-state index contributed by atoms with van der Waals surface area (Å²) in [5.74, 6) is -0.0452. The first-order chi connectivity index (χ1) is 12.8. The van der Waals surface area contributed by atoms with Crippen LogP contribution in [-0.4, -0.2) is 68.5 Å². The fourth-order valence-electron chi connectivity index (χ4n) is 3.37. The number of hydrogen-bond donors (Lipinski definition) is 1. The fraction of sp³-hybridized carbons (Fsp3) is 0.632. The number of sulfonamides is 1. The Labute approximate surface area is 162 Å². The first-order valence-electron chi connectivity index (χ1n) is 9.49. The van der Waals surface area contributed by atoms with Crippen molar-refractivity contribution in [2.45, 2.75) is 51.3 Å². The van der Waals surface area contributed by atoms with Crippen LogP contribution in [0.15, 0.2) is 29.2 Å². The van der Waals surface area contributed by atoms with Crippen LogP contribution in [0.25, 0.3) is 0 Å². The summed E-state index contributed by atoms with van der Waals surface area (Å²) in [6.07, 6.45) is 0.253. The van der Waals surface area contributed by atoms with Gasteiger partial charge in [0.1, 0.15) is 0 Å². The first-order valence-corrected chi connectivity index (χ1v) is 10.9. The molecule has 7 nitrogen and oxygen atoms in total. The largest absolute Gasteiger partial charge is 0.373 e. The predicted molar refractivity (Wildman–Crippen MR) is 105 cm³/mol. The van der Waals surface area contributed by atoms with Crippen LogP contribution >= 0.6 is 0 Å². The van der Waals surface area contributed by atoms with Crippen molar-refractivity contribution in [3.8, 4) is 0 Å². The van der Waals surface area contributed by atoms with Gasteiger partial charge in [0, 0.05) is 32.7 Å². The minimum atomic E-state index is -3.45. The van der Waals surface area contributed by atoms with Crippen molar-refractivity contribution < 1.29 is 17.9 Å². The average Bonchev–Trinajstić information content (AvgIpc) is 2.60. The molecule has 1 fully saturated rings. The molecule has 0 aromatic heterocycles. The van der Waals surface area contributed by atoms with Gasteiger partial charge in [0.05, 0.1) is 23.6 Å². The summed E-state index contributed by atoms with van der Waals surface area (Å²) in [5, 5.41) is 2.90. The zero-order valence-electron chi connectivity index (χ0n) is 16.6. The van der Waals surface area contributed by atoms with E-state index in [1.807, 2.05) is 27.7 Å². The van der Waals surface area contributed by atoms with E-state index < -0.39 is 10.0 Å². The van der Waals surface area contributed by atoms with E-state index >= 15 is 0 Å². The van der Waals surface area contributed by atoms with Gasteiger partial charge < -0.3 is 10.1 Å². The number of carbonyl (C=O) groups is 1. The molecule has 1 aliphatic rings. The number of ether oxygens (including phenoxy) is 1. The van der Waals surface area contributed by atoms with E-state index in [1.54, 1.807) is 24.3 Å². The highest BCUT2D eigenvalue weighted by molar-refractivity contribution is 7.89. The molecule has 8 heteroatoms. The maximum atomic E-state index is 12.5. The molecular formula is C19H31N3O4S. The predicted octanol–water partition coefficient (Wildman–Crippen LogP) is 1.44. The van der Waals surface area contributed by atoms with E-state index in [-0.39, 0.29) is 23.0 Å². The molecule has 0 unspecified atom stereocenters. The summed E-state index contributed by atoms with van der Waals surface area (Å²) in [4.78, 5) is 14.6. The molecule has 1 amide bonds. The summed E-state index contributed by atoms with van der Waals surface area (Å²) in [6.45, 7) is 10.7. The number of hydrogen-bond acceptors (Lipinski definition) is 5. The molecule has 0 spiro atoms. The highest BCUT2D eigenvalue weighted by Crippen LogP contribution is 2.16. The van der Waals surface area contributed by atoms with E-state index in [0.717, 1.165) is 18.7 Å². The second-order valence-electron chi connectivity index (χ2n) is 6.96. The van der Waals surface area contributed by atoms with E-state index in [4.69, 9.17) is 4.74 Å². The molecule has 1 N–H and O–H groups in total. The number of nitrogens with zero attached hydrogens (tertiary/aromatic N) is 2. The number of morpholine rings is 1. The standard InChI is InChI=1S/C19H31N3O4S/c1-5-22(6-2)27(24,25)18-9-7-17(8-10-18)11-20-19(23)14-21-12-15(3)26-16(4)13-21/h7-10,15-16H,5-6,11-14H2,1-4H3,(H,20,23)/t15-,16-/m1/s1. The Balaban J connectivity index is 1.88. The van der Waals surface area contributed by atoms with E-state index in [2.05, 4.69) is 10.2 Å². The van der Waals surface area contributed by atoms with Gasteiger partial charge in [-0.3, -0.25) is 9.69 Å². The lowest BCUT2D eigenvalue weighted by Gasteiger charge is -2.34. The van der Waals surface area contributed by atoms with Crippen molar-refractivity contribution in [3.63, 3.8) is 0 Å². The van der Waals surface area contributed by atoms with E-state index in [1.165, 1.54) is 4.31 Å². The topological polar surface area (TPSA) is 79.0 Å². The van der Waals surface area contributed by atoms with Crippen LogP contribution in [0, 0.1) is 0 Å². The molecular weight excluding hydrogens is 366 g/mol. The molecule has 0 bridgehead atoms. The van der Waals surface area contributed by atoms with Crippen molar-refractivity contribution in [1.82, 2.24) is 14.5 Å². The minimum absolute atomic E-state index is 0.0452. The molecule has 0 aliphatic carbocycles. The van der Waals surface area contributed by atoms with Crippen LogP contribution in [0.2, 0.25) is 0 Å². The minimum Gasteiger partial charge on any atom is -0.373 e. The van der Waals surface area contributed by atoms with Crippen molar-refractivity contribution in [2.75, 3.05) is 32.7 Å². The first kappa shape index (κ1) is 21.8. The van der Waals surface area contributed by atoms with Crippen LogP contribution in [0.3, 0.4) is 0 Å². The molecule has 1 aromatic rings. The van der Waals surface area contributed by atoms with Crippen LogP contribution in [0.5, 0.6) is 0 Å². The zero-order chi connectivity index (χ0) is 20.0. The van der Waals surface area contributed by atoms with Gasteiger partial charge in [0.15, 0.2) is 0 Å². The van der Waals surface area contributed by atoms with Gasteiger partial charge in [-0.25, -0.2) is 8.42 Å². The fourth-order valence-corrected chi connectivity index (χ4v) is 4.82. The number of benzene rings is 1. The monoisotopic (exact) mass is 397 g/mol. The molecule has 0 saturated carbocycles. The van der Waals surface area contributed by atoms with E-state index in [9.17, 15) is 13.2 Å². The highest BCUT2D eigenvalue weighted by Gasteiger charge is 2.24. The van der Waals surface area contributed by atoms with Crippen molar-refractivity contribution in [1.29, 1.82) is 0 Å². The number of carbonyl (C=O) groups excluding carboxylic acids is 1. The molecule has 27 heavy (non-hydrogen) atoms. The Morgan fingerprint density at radius 2 is 1.70 bits per heavy atom. The summed E-state index contributed by atoms with van der Waals surface area (Å²) < 4.78 is 32.1. The lowest BCUT2D eigenvalue weighted by Crippen LogP contribution is -2.49. The number of rotatable bonds is 8. The molecule has 152 valence electrons. The zero-order valence-corrected chi connectivity index (χ0v) is 17.5. The molecule has 2 atom stereocenters. The van der Waals surface area contributed by atoms with Crippen LogP contribution in [0.1, 0.15) is 33.3 Å². The van der Waals surface area contributed by atoms with Crippen molar-refractivity contribution >= 4 is 15.9 Å². The highest BCUT2D eigenvalue weighted by atomic mass is 32.2. The smallest absolute Gasteiger partial charge is 0.243 e. The van der Waals surface area contributed by atoms with Gasteiger partial charge in [0.2, 0.25) is 15.9 Å². The number of amides is 1. The van der Waals surface area contributed by atoms with Gasteiger partial charge in [-0.1, -0.05) is 26.0 Å². The maximum absolute atomic E-state index is 12.5. The lowest BCUT2D eigenvalue weighted by atomic mass is 10.2. The molecule has 1 aliphatic heterocycles. The summed E-state index contributed by atoms with van der Waals surface area (Å²) >= 11 is 0. The van der Waals surface area contributed by atoms with Gasteiger partial charge >= 0.3 is 0 Å². The molecule has 2 rings (SSSR count). The summed E-state index contributed by atoms with van der Waals surface area (Å²) in [5.41, 5.74) is 0.866. The third kappa shape index (κ3) is 6.00. The Morgan fingerprint density at radius 3 is 2.22 bits per heavy atom. The van der Waals surface area contributed by atoms with Crippen molar-refractivity contribution in [2.24, 2.45) is 0 Å². The van der Waals surface area contributed by atoms with Crippen molar-refractivity contribution in [3.05, 3.63) is 29.8 Å². The van der Waals surface area contributed by atoms with Crippen LogP contribution in [-0.2, 0) is 26.1 Å². The quantitative estimate of drug-likeness (QED) is 0.718. The molecule has 0 radical (unpaired) electrons. The number of nitrogens with one attached hydrogen (secondary N) is 1. The lowest BCUT2D eigenvalue weighted by molar-refractivity contribution is -0.126. The summed E-state index contributed by atoms with van der Waals surface area (Å²) in [6, 6.07) is 6.69. The van der Waals surface area contributed by atoms with E-state index in [0.29, 0.717) is 26.2 Å². The second-order valence-corrected chi connectivity index (χ2v) is 8.90. The van der Waals surface area contributed by atoms with Crippen LogP contribution in [0.4, 0.5) is 0 Å².